The van der Waals surface area contributed by atoms with Gasteiger partial charge < -0.3 is 19.5 Å². The van der Waals surface area contributed by atoms with Gasteiger partial charge in [-0.25, -0.2) is 4.98 Å². The first-order valence-corrected chi connectivity index (χ1v) is 9.00. The molecule has 4 heterocycles. The minimum absolute atomic E-state index is 0.0123. The summed E-state index contributed by atoms with van der Waals surface area (Å²) < 4.78 is 5.89. The van der Waals surface area contributed by atoms with Crippen molar-refractivity contribution in [3.05, 3.63) is 23.7 Å². The molecule has 1 spiro atoms. The van der Waals surface area contributed by atoms with Gasteiger partial charge in [0.15, 0.2) is 0 Å². The van der Waals surface area contributed by atoms with Crippen LogP contribution in [0.25, 0.3) is 0 Å². The molecule has 8 nitrogen and oxygen atoms in total. The largest absolute Gasteiger partial charge is 0.379 e. The molecule has 1 atom stereocenters. The Morgan fingerprint density at radius 2 is 2.33 bits per heavy atom. The summed E-state index contributed by atoms with van der Waals surface area (Å²) in [6.07, 6.45) is 5.15. The van der Waals surface area contributed by atoms with Gasteiger partial charge in [0.2, 0.25) is 5.13 Å². The lowest BCUT2D eigenvalue weighted by Crippen LogP contribution is -2.52. The highest BCUT2D eigenvalue weighted by atomic mass is 32.1. The molecular formula is C15H20N6O2S. The molecule has 1 amide bonds. The van der Waals surface area contributed by atoms with Crippen molar-refractivity contribution < 1.29 is 9.53 Å². The van der Waals surface area contributed by atoms with Crippen molar-refractivity contribution in [1.82, 2.24) is 25.1 Å². The van der Waals surface area contributed by atoms with Gasteiger partial charge in [0.1, 0.15) is 11.2 Å². The molecular weight excluding hydrogens is 328 g/mol. The Morgan fingerprint density at radius 3 is 3.12 bits per heavy atom. The molecule has 0 saturated carbocycles. The van der Waals surface area contributed by atoms with Gasteiger partial charge in [-0.15, -0.1) is 10.2 Å². The van der Waals surface area contributed by atoms with Crippen LogP contribution in [0.4, 0.5) is 5.13 Å². The maximum Gasteiger partial charge on any atom is 0.271 e. The second-order valence-corrected chi connectivity index (χ2v) is 7.30. The number of carbonyl (C=O) groups excluding carboxylic acids is 1. The normalized spacial score (nSPS) is 25.0. The van der Waals surface area contributed by atoms with E-state index in [-0.39, 0.29) is 11.3 Å². The van der Waals surface area contributed by atoms with Crippen molar-refractivity contribution in [2.75, 3.05) is 44.3 Å². The van der Waals surface area contributed by atoms with Crippen LogP contribution in [-0.2, 0) is 4.74 Å². The number of amides is 1. The SMILES string of the molecule is O=C(c1cnc[nH]1)N1CCCC2(COCCN(c3nncs3)C2)C1. The van der Waals surface area contributed by atoms with E-state index in [2.05, 4.69) is 25.1 Å². The second-order valence-electron chi connectivity index (χ2n) is 6.49. The lowest BCUT2D eigenvalue weighted by Gasteiger charge is -2.43. The van der Waals surface area contributed by atoms with E-state index in [0.29, 0.717) is 25.5 Å². The third kappa shape index (κ3) is 3.01. The summed E-state index contributed by atoms with van der Waals surface area (Å²) in [6.45, 7) is 4.48. The van der Waals surface area contributed by atoms with Gasteiger partial charge in [0.25, 0.3) is 5.91 Å². The smallest absolute Gasteiger partial charge is 0.271 e. The van der Waals surface area contributed by atoms with Crippen LogP contribution in [0.5, 0.6) is 0 Å². The fourth-order valence-electron chi connectivity index (χ4n) is 3.63. The lowest BCUT2D eigenvalue weighted by atomic mass is 9.80. The molecule has 0 bridgehead atoms. The molecule has 0 radical (unpaired) electrons. The fourth-order valence-corrected chi connectivity index (χ4v) is 4.22. The third-order valence-corrected chi connectivity index (χ3v) is 5.49. The average Bonchev–Trinajstić information content (AvgIpc) is 3.28. The molecule has 128 valence electrons. The number of hydrogen-bond acceptors (Lipinski definition) is 7. The Balaban J connectivity index is 1.53. The molecule has 1 unspecified atom stereocenters. The molecule has 2 aliphatic heterocycles. The molecule has 1 N–H and O–H groups in total. The van der Waals surface area contributed by atoms with Crippen LogP contribution < -0.4 is 4.90 Å². The minimum atomic E-state index is -0.0594. The maximum atomic E-state index is 12.7. The number of aromatic amines is 1. The molecule has 0 aliphatic carbocycles. The molecule has 2 saturated heterocycles. The first-order chi connectivity index (χ1) is 11.8. The Kier molecular flexibility index (Phi) is 4.19. The van der Waals surface area contributed by atoms with Crippen LogP contribution in [0.3, 0.4) is 0 Å². The van der Waals surface area contributed by atoms with Gasteiger partial charge in [-0.05, 0) is 12.8 Å². The van der Waals surface area contributed by atoms with Crippen molar-refractivity contribution in [3.63, 3.8) is 0 Å². The van der Waals surface area contributed by atoms with E-state index < -0.39 is 0 Å². The van der Waals surface area contributed by atoms with Gasteiger partial charge >= 0.3 is 0 Å². The molecule has 24 heavy (non-hydrogen) atoms. The molecule has 9 heteroatoms. The molecule has 2 aliphatic rings. The summed E-state index contributed by atoms with van der Waals surface area (Å²) in [5.41, 5.74) is 2.24. The highest BCUT2D eigenvalue weighted by molar-refractivity contribution is 7.13. The minimum Gasteiger partial charge on any atom is -0.379 e. The van der Waals surface area contributed by atoms with Gasteiger partial charge in [-0.2, -0.15) is 0 Å². The van der Waals surface area contributed by atoms with E-state index in [1.165, 1.54) is 0 Å². The number of nitrogens with one attached hydrogen (secondary N) is 1. The number of nitrogens with zero attached hydrogens (tertiary/aromatic N) is 5. The monoisotopic (exact) mass is 348 g/mol. The Bertz CT molecular complexity index is 676. The Morgan fingerprint density at radius 1 is 1.38 bits per heavy atom. The van der Waals surface area contributed by atoms with Crippen LogP contribution in [0, 0.1) is 5.41 Å². The van der Waals surface area contributed by atoms with Crippen molar-refractivity contribution in [2.45, 2.75) is 12.8 Å². The zero-order valence-electron chi connectivity index (χ0n) is 13.3. The number of carbonyl (C=O) groups is 1. The van der Waals surface area contributed by atoms with E-state index in [4.69, 9.17) is 4.74 Å². The van der Waals surface area contributed by atoms with Crippen molar-refractivity contribution in [3.8, 4) is 0 Å². The van der Waals surface area contributed by atoms with Crippen LogP contribution in [0.2, 0.25) is 0 Å². The molecule has 2 fully saturated rings. The van der Waals surface area contributed by atoms with E-state index >= 15 is 0 Å². The Hall–Kier alpha value is -2.00. The Labute approximate surface area is 143 Å². The third-order valence-electron chi connectivity index (χ3n) is 4.74. The first-order valence-electron chi connectivity index (χ1n) is 8.12. The topological polar surface area (TPSA) is 87.2 Å². The van der Waals surface area contributed by atoms with E-state index in [9.17, 15) is 4.79 Å². The zero-order chi connectivity index (χ0) is 16.4. The van der Waals surface area contributed by atoms with Crippen LogP contribution in [0.15, 0.2) is 18.0 Å². The quantitative estimate of drug-likeness (QED) is 0.872. The number of rotatable bonds is 2. The van der Waals surface area contributed by atoms with E-state index in [0.717, 1.165) is 37.6 Å². The second kappa shape index (κ2) is 6.48. The van der Waals surface area contributed by atoms with E-state index in [1.807, 2.05) is 4.90 Å². The molecule has 4 rings (SSSR count). The predicted octanol–water partition coefficient (Wildman–Crippen LogP) is 1.02. The number of ether oxygens (including phenoxy) is 1. The number of piperidine rings is 1. The number of aromatic nitrogens is 4. The van der Waals surface area contributed by atoms with Gasteiger partial charge in [-0.1, -0.05) is 11.3 Å². The summed E-state index contributed by atoms with van der Waals surface area (Å²) in [5, 5.41) is 9.08. The van der Waals surface area contributed by atoms with Gasteiger partial charge in [-0.3, -0.25) is 4.79 Å². The number of likely N-dealkylation sites (tertiary alicyclic amines) is 1. The molecule has 0 aromatic carbocycles. The van der Waals surface area contributed by atoms with E-state index in [1.54, 1.807) is 29.4 Å². The first kappa shape index (κ1) is 15.5. The maximum absolute atomic E-state index is 12.7. The highest BCUT2D eigenvalue weighted by Gasteiger charge is 2.41. The molecule has 2 aromatic rings. The summed E-state index contributed by atoms with van der Waals surface area (Å²) in [5.74, 6) is 0.0123. The highest BCUT2D eigenvalue weighted by Crippen LogP contribution is 2.35. The fraction of sp³-hybridized carbons (Fsp3) is 0.600. The average molecular weight is 348 g/mol. The summed E-state index contributed by atoms with van der Waals surface area (Å²) in [7, 11) is 0. The van der Waals surface area contributed by atoms with Crippen molar-refractivity contribution in [1.29, 1.82) is 0 Å². The van der Waals surface area contributed by atoms with Crippen molar-refractivity contribution >= 4 is 22.4 Å². The van der Waals surface area contributed by atoms with Crippen LogP contribution >= 0.6 is 11.3 Å². The summed E-state index contributed by atoms with van der Waals surface area (Å²) in [4.78, 5) is 23.7. The van der Waals surface area contributed by atoms with Crippen LogP contribution in [-0.4, -0.2) is 70.4 Å². The zero-order valence-corrected chi connectivity index (χ0v) is 14.2. The standard InChI is InChI=1S/C15H20N6O2S/c22-13(12-6-16-10-17-12)20-3-1-2-15(7-20)8-21(4-5-23-9-15)14-19-18-11-24-14/h6,10-11H,1-5,7-9H2,(H,16,17). The lowest BCUT2D eigenvalue weighted by molar-refractivity contribution is 0.0133. The van der Waals surface area contributed by atoms with Crippen LogP contribution in [0.1, 0.15) is 23.3 Å². The van der Waals surface area contributed by atoms with Crippen molar-refractivity contribution in [2.24, 2.45) is 5.41 Å². The predicted molar refractivity (Wildman–Crippen MR) is 89.1 cm³/mol. The van der Waals surface area contributed by atoms with Gasteiger partial charge in [0.05, 0.1) is 25.7 Å². The van der Waals surface area contributed by atoms with Gasteiger partial charge in [0, 0.05) is 31.6 Å². The number of hydrogen-bond donors (Lipinski definition) is 1. The number of anilines is 1. The number of imidazole rings is 1. The summed E-state index contributed by atoms with van der Waals surface area (Å²) in [6, 6.07) is 0. The summed E-state index contributed by atoms with van der Waals surface area (Å²) >= 11 is 1.55. The molecule has 2 aromatic heterocycles. The number of H-pyrrole nitrogens is 1.